The molecule has 0 saturated heterocycles. The van der Waals surface area contributed by atoms with Crippen LogP contribution in [0.3, 0.4) is 0 Å². The van der Waals surface area contributed by atoms with Crippen LogP contribution in [-0.2, 0) is 17.6 Å². The lowest BCUT2D eigenvalue weighted by atomic mass is 10.1. The van der Waals surface area contributed by atoms with Crippen molar-refractivity contribution in [1.29, 1.82) is 0 Å². The van der Waals surface area contributed by atoms with Gasteiger partial charge in [-0.15, -0.1) is 0 Å². The molecule has 0 unspecified atom stereocenters. The number of hydrogen-bond donors (Lipinski definition) is 2. The monoisotopic (exact) mass is 370 g/mol. The molecule has 0 bridgehead atoms. The van der Waals surface area contributed by atoms with E-state index in [4.69, 9.17) is 0 Å². The van der Waals surface area contributed by atoms with Crippen LogP contribution in [0, 0.1) is 6.92 Å². The first-order valence-electron chi connectivity index (χ1n) is 7.71. The maximum atomic E-state index is 12.2. The van der Waals surface area contributed by atoms with Gasteiger partial charge in [-0.3, -0.25) is 4.79 Å². The fraction of sp³-hybridized carbons (Fsp3) is 0.211. The minimum Gasteiger partial charge on any atom is -0.358 e. The minimum absolute atomic E-state index is 0.0601. The van der Waals surface area contributed by atoms with Gasteiger partial charge in [-0.1, -0.05) is 46.3 Å². The van der Waals surface area contributed by atoms with Crippen LogP contribution in [0.2, 0.25) is 0 Å². The predicted octanol–water partition coefficient (Wildman–Crippen LogP) is 4.14. The molecule has 0 aliphatic carbocycles. The van der Waals surface area contributed by atoms with E-state index in [1.807, 2.05) is 37.3 Å². The summed E-state index contributed by atoms with van der Waals surface area (Å²) in [6.07, 6.45) is 1.25. The summed E-state index contributed by atoms with van der Waals surface area (Å²) in [4.78, 5) is 15.6. The topological polar surface area (TPSA) is 44.9 Å². The first kappa shape index (κ1) is 15.8. The average molecular weight is 371 g/mol. The van der Waals surface area contributed by atoms with Gasteiger partial charge >= 0.3 is 0 Å². The van der Waals surface area contributed by atoms with Gasteiger partial charge in [0.25, 0.3) is 0 Å². The molecule has 3 rings (SSSR count). The van der Waals surface area contributed by atoms with Crippen molar-refractivity contribution in [3.63, 3.8) is 0 Å². The molecule has 0 aliphatic heterocycles. The number of amides is 1. The fourth-order valence-corrected chi connectivity index (χ4v) is 3.16. The molecule has 0 atom stereocenters. The Labute approximate surface area is 144 Å². The second kappa shape index (κ2) is 7.01. The number of benzene rings is 2. The highest BCUT2D eigenvalue weighted by atomic mass is 79.9. The highest BCUT2D eigenvalue weighted by Gasteiger charge is 2.12. The standard InChI is InChI=1S/C19H19BrN2O/c1-13-16(17-11-15(20)7-8-18(17)22-13)12-19(23)21-10-9-14-5-3-2-4-6-14/h2-8,11,22H,9-10,12H2,1H3,(H,21,23). The van der Waals surface area contributed by atoms with Crippen molar-refractivity contribution in [2.75, 3.05) is 6.54 Å². The fourth-order valence-electron chi connectivity index (χ4n) is 2.80. The van der Waals surface area contributed by atoms with Crippen LogP contribution in [0.1, 0.15) is 16.8 Å². The zero-order valence-corrected chi connectivity index (χ0v) is 14.6. The van der Waals surface area contributed by atoms with Gasteiger partial charge in [0.05, 0.1) is 6.42 Å². The molecule has 23 heavy (non-hydrogen) atoms. The summed E-state index contributed by atoms with van der Waals surface area (Å²) >= 11 is 3.50. The van der Waals surface area contributed by atoms with Crippen molar-refractivity contribution in [1.82, 2.24) is 10.3 Å². The molecular formula is C19H19BrN2O. The summed E-state index contributed by atoms with van der Waals surface area (Å²) in [6.45, 7) is 2.68. The van der Waals surface area contributed by atoms with Gasteiger partial charge in [-0.25, -0.2) is 0 Å². The molecule has 3 nitrogen and oxygen atoms in total. The van der Waals surface area contributed by atoms with Crippen molar-refractivity contribution in [3.8, 4) is 0 Å². The third-order valence-corrected chi connectivity index (χ3v) is 4.49. The molecule has 2 N–H and O–H groups in total. The van der Waals surface area contributed by atoms with Gasteiger partial charge in [0.2, 0.25) is 5.91 Å². The van der Waals surface area contributed by atoms with Crippen LogP contribution in [0.4, 0.5) is 0 Å². The maximum Gasteiger partial charge on any atom is 0.224 e. The molecule has 1 amide bonds. The smallest absolute Gasteiger partial charge is 0.224 e. The third kappa shape index (κ3) is 3.82. The van der Waals surface area contributed by atoms with Crippen LogP contribution in [-0.4, -0.2) is 17.4 Å². The van der Waals surface area contributed by atoms with Crippen molar-refractivity contribution >= 4 is 32.7 Å². The summed E-state index contributed by atoms with van der Waals surface area (Å²) in [6, 6.07) is 16.3. The van der Waals surface area contributed by atoms with Crippen LogP contribution < -0.4 is 5.32 Å². The minimum atomic E-state index is 0.0601. The van der Waals surface area contributed by atoms with Crippen molar-refractivity contribution in [2.24, 2.45) is 0 Å². The lowest BCUT2D eigenvalue weighted by molar-refractivity contribution is -0.120. The Morgan fingerprint density at radius 3 is 2.74 bits per heavy atom. The first-order valence-corrected chi connectivity index (χ1v) is 8.50. The second-order valence-electron chi connectivity index (χ2n) is 5.68. The lowest BCUT2D eigenvalue weighted by Gasteiger charge is -2.06. The Hall–Kier alpha value is -2.07. The molecule has 1 aromatic heterocycles. The van der Waals surface area contributed by atoms with E-state index in [2.05, 4.69) is 44.4 Å². The van der Waals surface area contributed by atoms with Crippen molar-refractivity contribution in [2.45, 2.75) is 19.8 Å². The van der Waals surface area contributed by atoms with E-state index < -0.39 is 0 Å². The van der Waals surface area contributed by atoms with Gasteiger partial charge in [0.1, 0.15) is 0 Å². The molecular weight excluding hydrogens is 352 g/mol. The van der Waals surface area contributed by atoms with Gasteiger partial charge in [0.15, 0.2) is 0 Å². The average Bonchev–Trinajstić information content (AvgIpc) is 2.84. The number of halogens is 1. The van der Waals surface area contributed by atoms with Gasteiger partial charge in [0, 0.05) is 27.6 Å². The molecule has 0 aliphatic rings. The summed E-state index contributed by atoms with van der Waals surface area (Å²) < 4.78 is 1.02. The van der Waals surface area contributed by atoms with Crippen LogP contribution in [0.5, 0.6) is 0 Å². The van der Waals surface area contributed by atoms with Gasteiger partial charge < -0.3 is 10.3 Å². The molecule has 4 heteroatoms. The summed E-state index contributed by atoms with van der Waals surface area (Å²) in [5.41, 5.74) is 4.42. The summed E-state index contributed by atoms with van der Waals surface area (Å²) in [5, 5.41) is 4.12. The largest absolute Gasteiger partial charge is 0.358 e. The number of aromatic amines is 1. The number of hydrogen-bond acceptors (Lipinski definition) is 1. The highest BCUT2D eigenvalue weighted by molar-refractivity contribution is 9.10. The van der Waals surface area contributed by atoms with E-state index in [0.29, 0.717) is 13.0 Å². The summed E-state index contributed by atoms with van der Waals surface area (Å²) in [5.74, 6) is 0.0601. The zero-order chi connectivity index (χ0) is 16.2. The predicted molar refractivity (Wildman–Crippen MR) is 97.6 cm³/mol. The first-order chi connectivity index (χ1) is 11.1. The molecule has 0 spiro atoms. The Balaban J connectivity index is 1.64. The number of carbonyl (C=O) groups is 1. The molecule has 1 heterocycles. The SMILES string of the molecule is Cc1[nH]c2ccc(Br)cc2c1CC(=O)NCCc1ccccc1. The normalized spacial score (nSPS) is 10.9. The zero-order valence-electron chi connectivity index (χ0n) is 13.0. The number of rotatable bonds is 5. The number of aryl methyl sites for hydroxylation is 1. The maximum absolute atomic E-state index is 12.2. The highest BCUT2D eigenvalue weighted by Crippen LogP contribution is 2.25. The molecule has 118 valence electrons. The van der Waals surface area contributed by atoms with Crippen LogP contribution >= 0.6 is 15.9 Å². The van der Waals surface area contributed by atoms with Crippen molar-refractivity contribution < 1.29 is 4.79 Å². The number of fused-ring (bicyclic) bond motifs is 1. The number of nitrogens with one attached hydrogen (secondary N) is 2. The van der Waals surface area contributed by atoms with Crippen molar-refractivity contribution in [3.05, 3.63) is 69.8 Å². The quantitative estimate of drug-likeness (QED) is 0.696. The van der Waals surface area contributed by atoms with Crippen LogP contribution in [0.25, 0.3) is 10.9 Å². The van der Waals surface area contributed by atoms with Gasteiger partial charge in [-0.05, 0) is 42.7 Å². The Bertz CT molecular complexity index is 824. The van der Waals surface area contributed by atoms with Gasteiger partial charge in [-0.2, -0.15) is 0 Å². The lowest BCUT2D eigenvalue weighted by Crippen LogP contribution is -2.27. The number of H-pyrrole nitrogens is 1. The Morgan fingerprint density at radius 2 is 1.96 bits per heavy atom. The van der Waals surface area contributed by atoms with E-state index in [-0.39, 0.29) is 5.91 Å². The van der Waals surface area contributed by atoms with E-state index >= 15 is 0 Å². The molecule has 2 aromatic carbocycles. The Kier molecular flexibility index (Phi) is 4.82. The molecule has 0 radical (unpaired) electrons. The third-order valence-electron chi connectivity index (χ3n) is 4.00. The Morgan fingerprint density at radius 1 is 1.17 bits per heavy atom. The van der Waals surface area contributed by atoms with E-state index in [1.54, 1.807) is 0 Å². The summed E-state index contributed by atoms with van der Waals surface area (Å²) in [7, 11) is 0. The number of aromatic nitrogens is 1. The molecule has 0 fully saturated rings. The second-order valence-corrected chi connectivity index (χ2v) is 6.60. The molecule has 0 saturated carbocycles. The van der Waals surface area contributed by atoms with Crippen LogP contribution in [0.15, 0.2) is 53.0 Å². The molecule has 3 aromatic rings. The number of carbonyl (C=O) groups excluding carboxylic acids is 1. The van der Waals surface area contributed by atoms with E-state index in [9.17, 15) is 4.79 Å². The van der Waals surface area contributed by atoms with E-state index in [1.165, 1.54) is 5.56 Å². The van der Waals surface area contributed by atoms with E-state index in [0.717, 1.165) is 33.1 Å².